The molecule has 194 valence electrons. The van der Waals surface area contributed by atoms with Gasteiger partial charge in [0.2, 0.25) is 0 Å². The first-order valence-electron chi connectivity index (χ1n) is 12.8. The van der Waals surface area contributed by atoms with Crippen molar-refractivity contribution in [3.8, 4) is 11.5 Å². The summed E-state index contributed by atoms with van der Waals surface area (Å²) in [5.41, 5.74) is 4.61. The molecule has 5 rings (SSSR count). The number of carbonyl (C=O) groups is 2. The van der Waals surface area contributed by atoms with Crippen molar-refractivity contribution in [3.05, 3.63) is 80.6 Å². The lowest BCUT2D eigenvalue weighted by Gasteiger charge is -2.37. The van der Waals surface area contributed by atoms with Gasteiger partial charge in [0.25, 0.3) is 0 Å². The molecule has 0 bridgehead atoms. The summed E-state index contributed by atoms with van der Waals surface area (Å²) in [6.07, 6.45) is 4.84. The Bertz CT molecular complexity index is 1290. The number of rotatable bonds is 6. The summed E-state index contributed by atoms with van der Waals surface area (Å²) in [7, 11) is 3.27. The van der Waals surface area contributed by atoms with E-state index in [4.69, 9.17) is 14.2 Å². The fourth-order valence-electron chi connectivity index (χ4n) is 5.95. The van der Waals surface area contributed by atoms with Gasteiger partial charge in [-0.15, -0.1) is 0 Å². The molecule has 1 saturated carbocycles. The number of dihydropyridines is 1. The van der Waals surface area contributed by atoms with Gasteiger partial charge in [0.05, 0.1) is 24.3 Å². The van der Waals surface area contributed by atoms with Gasteiger partial charge >= 0.3 is 5.97 Å². The van der Waals surface area contributed by atoms with Crippen LogP contribution in [0.2, 0.25) is 0 Å². The molecule has 0 spiro atoms. The number of ketones is 1. The molecule has 2 aliphatic carbocycles. The Morgan fingerprint density at radius 1 is 1.00 bits per heavy atom. The minimum Gasteiger partial charge on any atom is -0.496 e. The summed E-state index contributed by atoms with van der Waals surface area (Å²) in [6, 6.07) is 13.6. The summed E-state index contributed by atoms with van der Waals surface area (Å²) in [4.78, 5) is 27.5. The molecule has 0 radical (unpaired) electrons. The van der Waals surface area contributed by atoms with Crippen LogP contribution >= 0.6 is 15.9 Å². The Hall–Kier alpha value is -3.06. The maximum atomic E-state index is 13.9. The lowest BCUT2D eigenvalue weighted by molar-refractivity contribution is -0.144. The molecule has 7 heteroatoms. The molecule has 6 nitrogen and oxygen atoms in total. The quantitative estimate of drug-likeness (QED) is 0.413. The smallest absolute Gasteiger partial charge is 0.337 e. The van der Waals surface area contributed by atoms with Crippen molar-refractivity contribution in [2.45, 2.75) is 63.4 Å². The van der Waals surface area contributed by atoms with Gasteiger partial charge in [0.15, 0.2) is 5.78 Å². The number of hydrogen-bond donors (Lipinski definition) is 1. The highest BCUT2D eigenvalue weighted by Crippen LogP contribution is 2.48. The van der Waals surface area contributed by atoms with E-state index in [2.05, 4.69) is 21.2 Å². The number of carbonyl (C=O) groups excluding carboxylic acids is 2. The average Bonchev–Trinajstić information content (AvgIpc) is 3.40. The first kappa shape index (κ1) is 25.6. The maximum absolute atomic E-state index is 13.9. The van der Waals surface area contributed by atoms with Crippen molar-refractivity contribution < 1.29 is 23.8 Å². The summed E-state index contributed by atoms with van der Waals surface area (Å²) >= 11 is 3.59. The number of nitrogens with one attached hydrogen (secondary N) is 1. The van der Waals surface area contributed by atoms with Crippen LogP contribution in [0.5, 0.6) is 11.5 Å². The third-order valence-electron chi connectivity index (χ3n) is 7.71. The Morgan fingerprint density at radius 3 is 2.43 bits per heavy atom. The highest BCUT2D eigenvalue weighted by Gasteiger charge is 2.42. The van der Waals surface area contributed by atoms with E-state index in [9.17, 15) is 9.59 Å². The van der Waals surface area contributed by atoms with Crippen LogP contribution in [-0.2, 0) is 14.3 Å². The van der Waals surface area contributed by atoms with E-state index in [0.717, 1.165) is 58.4 Å². The zero-order valence-electron chi connectivity index (χ0n) is 21.4. The number of hydrogen-bond acceptors (Lipinski definition) is 6. The predicted molar refractivity (Wildman–Crippen MR) is 145 cm³/mol. The Kier molecular flexibility index (Phi) is 7.43. The SMILES string of the molecule is COc1ccc([C@@H]2C(C(=O)OC3CCCC3)=C(C)NC3=C2C(=O)C[C@@H](c2ccccc2OC)C3)cc1Br. The molecule has 2 aromatic carbocycles. The monoisotopic (exact) mass is 565 g/mol. The van der Waals surface area contributed by atoms with Crippen LogP contribution in [0.15, 0.2) is 69.5 Å². The Labute approximate surface area is 226 Å². The van der Waals surface area contributed by atoms with E-state index >= 15 is 0 Å². The molecule has 3 aliphatic rings. The largest absolute Gasteiger partial charge is 0.496 e. The lowest BCUT2D eigenvalue weighted by Crippen LogP contribution is -2.36. The molecule has 1 N–H and O–H groups in total. The lowest BCUT2D eigenvalue weighted by atomic mass is 9.71. The van der Waals surface area contributed by atoms with Crippen LogP contribution in [-0.4, -0.2) is 32.1 Å². The van der Waals surface area contributed by atoms with Crippen molar-refractivity contribution in [2.24, 2.45) is 0 Å². The van der Waals surface area contributed by atoms with E-state index in [1.54, 1.807) is 14.2 Å². The van der Waals surface area contributed by atoms with Gasteiger partial charge in [-0.2, -0.15) is 0 Å². The third-order valence-corrected chi connectivity index (χ3v) is 8.33. The number of methoxy groups -OCH3 is 2. The minimum atomic E-state index is -0.515. The number of halogens is 1. The second kappa shape index (κ2) is 10.7. The number of Topliss-reactive ketones (excluding diaryl/α,β-unsaturated/α-hetero) is 1. The van der Waals surface area contributed by atoms with Crippen molar-refractivity contribution in [2.75, 3.05) is 14.2 Å². The van der Waals surface area contributed by atoms with Crippen LogP contribution in [0, 0.1) is 0 Å². The van der Waals surface area contributed by atoms with Crippen molar-refractivity contribution in [3.63, 3.8) is 0 Å². The molecular weight excluding hydrogens is 534 g/mol. The summed E-state index contributed by atoms with van der Waals surface area (Å²) in [5, 5.41) is 3.44. The molecule has 2 atom stereocenters. The van der Waals surface area contributed by atoms with Crippen LogP contribution in [0.25, 0.3) is 0 Å². The molecule has 1 aliphatic heterocycles. The predicted octanol–water partition coefficient (Wildman–Crippen LogP) is 6.31. The first-order valence-corrected chi connectivity index (χ1v) is 13.6. The van der Waals surface area contributed by atoms with Crippen molar-refractivity contribution in [1.82, 2.24) is 5.32 Å². The topological polar surface area (TPSA) is 73.9 Å². The van der Waals surface area contributed by atoms with Gasteiger partial charge in [-0.1, -0.05) is 24.3 Å². The Morgan fingerprint density at radius 2 is 1.73 bits per heavy atom. The zero-order chi connectivity index (χ0) is 26.1. The normalized spacial score (nSPS) is 22.0. The third kappa shape index (κ3) is 4.93. The highest BCUT2D eigenvalue weighted by molar-refractivity contribution is 9.10. The summed E-state index contributed by atoms with van der Waals surface area (Å²) < 4.78 is 17.8. The fraction of sp³-hybridized carbons (Fsp3) is 0.400. The molecule has 0 aromatic heterocycles. The van der Waals surface area contributed by atoms with Crippen LogP contribution in [0.3, 0.4) is 0 Å². The number of benzene rings is 2. The highest BCUT2D eigenvalue weighted by atomic mass is 79.9. The number of allylic oxidation sites excluding steroid dienone is 3. The number of ether oxygens (including phenoxy) is 3. The van der Waals surface area contributed by atoms with Gasteiger partial charge in [-0.3, -0.25) is 4.79 Å². The van der Waals surface area contributed by atoms with Crippen LogP contribution in [0.1, 0.15) is 68.4 Å². The van der Waals surface area contributed by atoms with Crippen molar-refractivity contribution in [1.29, 1.82) is 0 Å². The minimum absolute atomic E-state index is 0.0158. The molecule has 1 heterocycles. The van der Waals surface area contributed by atoms with Crippen LogP contribution < -0.4 is 14.8 Å². The van der Waals surface area contributed by atoms with Gasteiger partial charge in [-0.05, 0) is 84.3 Å². The summed E-state index contributed by atoms with van der Waals surface area (Å²) in [5.74, 6) is 0.620. The number of esters is 1. The van der Waals surface area contributed by atoms with E-state index in [1.165, 1.54) is 0 Å². The molecule has 37 heavy (non-hydrogen) atoms. The Balaban J connectivity index is 1.57. The van der Waals surface area contributed by atoms with Gasteiger partial charge in [0.1, 0.15) is 17.6 Å². The molecule has 2 aromatic rings. The maximum Gasteiger partial charge on any atom is 0.337 e. The standard InChI is InChI=1S/C30H32BrNO5/c1-17-27(30(34)37-20-8-4-5-9-20)28(18-12-13-26(36-3)22(31)14-18)29-23(32-17)15-19(16-24(29)33)21-10-6-7-11-25(21)35-2/h6-7,10-14,19-20,28,32H,4-5,8-9,15-16H2,1-3H3/t19-,28+/m0/s1. The zero-order valence-corrected chi connectivity index (χ0v) is 23.0. The van der Waals surface area contributed by atoms with Crippen LogP contribution in [0.4, 0.5) is 0 Å². The summed E-state index contributed by atoms with van der Waals surface area (Å²) in [6.45, 7) is 1.90. The average molecular weight is 566 g/mol. The first-order chi connectivity index (χ1) is 17.9. The molecular formula is C30H32BrNO5. The molecule has 0 amide bonds. The second-order valence-electron chi connectivity index (χ2n) is 9.96. The van der Waals surface area contributed by atoms with E-state index in [-0.39, 0.29) is 23.8 Å². The number of para-hydroxylation sites is 1. The second-order valence-corrected chi connectivity index (χ2v) is 10.8. The van der Waals surface area contributed by atoms with Gasteiger partial charge in [0, 0.05) is 35.2 Å². The van der Waals surface area contributed by atoms with E-state index in [1.807, 2.05) is 49.4 Å². The van der Waals surface area contributed by atoms with Crippen molar-refractivity contribution >= 4 is 27.7 Å². The molecule has 0 saturated heterocycles. The van der Waals surface area contributed by atoms with Gasteiger partial charge in [-0.25, -0.2) is 4.79 Å². The fourth-order valence-corrected chi connectivity index (χ4v) is 6.51. The molecule has 0 unspecified atom stereocenters. The van der Waals surface area contributed by atoms with E-state index < -0.39 is 5.92 Å². The van der Waals surface area contributed by atoms with E-state index in [0.29, 0.717) is 29.7 Å². The molecule has 1 fully saturated rings. The van der Waals surface area contributed by atoms with Gasteiger partial charge < -0.3 is 19.5 Å².